The third kappa shape index (κ3) is 9.07. The molecule has 4 rings (SSSR count). The summed E-state index contributed by atoms with van der Waals surface area (Å²) in [5.41, 5.74) is 7.71. The topological polar surface area (TPSA) is 50.2 Å². The molecule has 0 atom stereocenters. The Kier molecular flexibility index (Phi) is 11.6. The molecule has 0 bridgehead atoms. The van der Waals surface area contributed by atoms with Gasteiger partial charge < -0.3 is 5.11 Å². The molecule has 41 heavy (non-hydrogen) atoms. The molecule has 0 saturated carbocycles. The Hall–Kier alpha value is -2.85. The number of allylic oxidation sites excluding steroid dienone is 2. The molecule has 1 radical (unpaired) electrons. The normalized spacial score (nSPS) is 12.0. The van der Waals surface area contributed by atoms with Crippen LogP contribution in [0.5, 0.6) is 0 Å². The van der Waals surface area contributed by atoms with Gasteiger partial charge in [-0.3, -0.25) is 9.78 Å². The van der Waals surface area contributed by atoms with E-state index in [4.69, 9.17) is 4.98 Å². The molecule has 0 aliphatic carbocycles. The van der Waals surface area contributed by atoms with Crippen LogP contribution in [0, 0.1) is 31.2 Å². The number of aryl methyl sites for hydroxylation is 2. The van der Waals surface area contributed by atoms with Crippen molar-refractivity contribution in [3.63, 3.8) is 0 Å². The Morgan fingerprint density at radius 2 is 1.59 bits per heavy atom. The number of ketones is 1. The quantitative estimate of drug-likeness (QED) is 0.0961. The molecule has 1 aromatic heterocycles. The van der Waals surface area contributed by atoms with Gasteiger partial charge in [0.1, 0.15) is 0 Å². The van der Waals surface area contributed by atoms with Gasteiger partial charge in [-0.2, -0.15) is 0 Å². The molecule has 0 saturated heterocycles. The monoisotopic (exact) mass is 743 g/mol. The standard InChI is InChI=1S/C26H26NSi.C10H18O2.Ir/c1-18-15-19(2)17-21(16-18)23-12-11-22-24(27-23)13-14-25(28(3,4)5)26(22)20-9-7-6-8-10-20;1-7(2)8(11)6-9(12)10(3,4)5;/h6-16H,1-5H3;6-7,11H,1-5H3;/q-1;;/b;8-6-;. The van der Waals surface area contributed by atoms with Crippen molar-refractivity contribution in [1.82, 2.24) is 4.98 Å². The number of carbonyl (C=O) groups is 1. The van der Waals surface area contributed by atoms with E-state index in [1.807, 2.05) is 34.6 Å². The Morgan fingerprint density at radius 3 is 2.12 bits per heavy atom. The molecule has 3 nitrogen and oxygen atoms in total. The van der Waals surface area contributed by atoms with Crippen LogP contribution < -0.4 is 5.19 Å². The van der Waals surface area contributed by atoms with E-state index in [1.165, 1.54) is 33.3 Å². The predicted octanol–water partition coefficient (Wildman–Crippen LogP) is 9.23. The van der Waals surface area contributed by atoms with E-state index in [0.29, 0.717) is 0 Å². The molecule has 1 heterocycles. The van der Waals surface area contributed by atoms with Crippen molar-refractivity contribution in [1.29, 1.82) is 0 Å². The molecule has 0 fully saturated rings. The van der Waals surface area contributed by atoms with Crippen molar-refractivity contribution in [2.24, 2.45) is 11.3 Å². The Bertz CT molecular complexity index is 1510. The van der Waals surface area contributed by atoms with Gasteiger partial charge in [-0.15, -0.1) is 34.9 Å². The first-order chi connectivity index (χ1) is 18.6. The van der Waals surface area contributed by atoms with E-state index in [-0.39, 0.29) is 37.6 Å². The number of fused-ring (bicyclic) bond motifs is 1. The number of aliphatic hydroxyl groups excluding tert-OH is 1. The van der Waals surface area contributed by atoms with Crippen molar-refractivity contribution >= 4 is 29.9 Å². The average molecular weight is 743 g/mol. The number of aromatic nitrogens is 1. The molecule has 4 aromatic rings. The van der Waals surface area contributed by atoms with Crippen LogP contribution in [-0.2, 0) is 24.9 Å². The first-order valence-electron chi connectivity index (χ1n) is 14.0. The minimum absolute atomic E-state index is 0. The number of rotatable bonds is 5. The zero-order valence-electron chi connectivity index (χ0n) is 26.1. The Balaban J connectivity index is 0.000000387. The molecular formula is C36H44IrNO2Si-. The molecule has 3 aromatic carbocycles. The molecular weight excluding hydrogens is 699 g/mol. The van der Waals surface area contributed by atoms with Crippen molar-refractivity contribution in [2.45, 2.75) is 68.1 Å². The summed E-state index contributed by atoms with van der Waals surface area (Å²) in [6, 6.07) is 27.4. The predicted molar refractivity (Wildman–Crippen MR) is 174 cm³/mol. The van der Waals surface area contributed by atoms with Crippen LogP contribution in [0.3, 0.4) is 0 Å². The van der Waals surface area contributed by atoms with Crippen molar-refractivity contribution < 1.29 is 30.0 Å². The second kappa shape index (κ2) is 13.9. The first-order valence-corrected chi connectivity index (χ1v) is 17.5. The fraction of sp³-hybridized carbons (Fsp3) is 0.333. The zero-order chi connectivity index (χ0) is 29.8. The van der Waals surface area contributed by atoms with Crippen LogP contribution in [0.15, 0.2) is 78.6 Å². The van der Waals surface area contributed by atoms with Crippen molar-refractivity contribution in [2.75, 3.05) is 0 Å². The average Bonchev–Trinajstić information content (AvgIpc) is 2.86. The van der Waals surface area contributed by atoms with E-state index in [1.54, 1.807) is 0 Å². The summed E-state index contributed by atoms with van der Waals surface area (Å²) in [7, 11) is -1.50. The van der Waals surface area contributed by atoms with Gasteiger partial charge in [0.25, 0.3) is 0 Å². The second-order valence-electron chi connectivity index (χ2n) is 13.0. The molecule has 0 spiro atoms. The summed E-state index contributed by atoms with van der Waals surface area (Å²) in [5, 5.41) is 12.0. The van der Waals surface area contributed by atoms with E-state index < -0.39 is 13.5 Å². The smallest absolute Gasteiger partial charge is 0.164 e. The first kappa shape index (κ1) is 34.3. The van der Waals surface area contributed by atoms with E-state index in [2.05, 4.69) is 106 Å². The van der Waals surface area contributed by atoms with E-state index in [9.17, 15) is 9.90 Å². The van der Waals surface area contributed by atoms with E-state index in [0.717, 1.165) is 22.3 Å². The Morgan fingerprint density at radius 1 is 0.951 bits per heavy atom. The maximum absolute atomic E-state index is 11.3. The van der Waals surface area contributed by atoms with E-state index >= 15 is 0 Å². The number of hydrogen-bond acceptors (Lipinski definition) is 3. The largest absolute Gasteiger partial charge is 0.512 e. The molecule has 0 aliphatic rings. The number of hydrogen-bond donors (Lipinski definition) is 1. The van der Waals surface area contributed by atoms with Gasteiger partial charge in [-0.1, -0.05) is 122 Å². The zero-order valence-corrected chi connectivity index (χ0v) is 29.5. The number of aliphatic hydroxyl groups is 1. The third-order valence-electron chi connectivity index (χ3n) is 6.78. The number of carbonyl (C=O) groups excluding carboxylic acids is 1. The van der Waals surface area contributed by atoms with Gasteiger partial charge in [0.2, 0.25) is 0 Å². The van der Waals surface area contributed by atoms with Crippen LogP contribution in [0.4, 0.5) is 0 Å². The number of benzene rings is 3. The van der Waals surface area contributed by atoms with Gasteiger partial charge >= 0.3 is 0 Å². The van der Waals surface area contributed by atoms with Gasteiger partial charge in [0.05, 0.1) is 19.3 Å². The van der Waals surface area contributed by atoms with Gasteiger partial charge in [0.15, 0.2) is 5.78 Å². The molecule has 219 valence electrons. The minimum atomic E-state index is -1.50. The third-order valence-corrected chi connectivity index (χ3v) is 8.81. The van der Waals surface area contributed by atoms with Crippen LogP contribution >= 0.6 is 0 Å². The van der Waals surface area contributed by atoms with Crippen molar-refractivity contribution in [3.8, 4) is 22.4 Å². The SMILES string of the molecule is CC(C)/C(O)=C/C(=O)C(C)(C)C.Cc1[c-]c(-c2ccc3c(-c4ccccc4)c([Si](C)(C)C)ccc3n2)cc(C)c1.[Ir]. The van der Waals surface area contributed by atoms with Crippen LogP contribution in [0.25, 0.3) is 33.3 Å². The minimum Gasteiger partial charge on any atom is -0.512 e. The van der Waals surface area contributed by atoms with Crippen LogP contribution in [0.1, 0.15) is 45.7 Å². The van der Waals surface area contributed by atoms with Crippen molar-refractivity contribution in [3.05, 3.63) is 95.8 Å². The van der Waals surface area contributed by atoms with Gasteiger partial charge in [0, 0.05) is 42.9 Å². The van der Waals surface area contributed by atoms with Gasteiger partial charge in [-0.25, -0.2) is 0 Å². The molecule has 0 amide bonds. The van der Waals surface area contributed by atoms with Crippen LogP contribution in [0.2, 0.25) is 19.6 Å². The summed E-state index contributed by atoms with van der Waals surface area (Å²) < 4.78 is 0. The fourth-order valence-corrected chi connectivity index (χ4v) is 6.06. The summed E-state index contributed by atoms with van der Waals surface area (Å²) >= 11 is 0. The molecule has 1 N–H and O–H groups in total. The summed E-state index contributed by atoms with van der Waals surface area (Å²) in [4.78, 5) is 16.4. The second-order valence-corrected chi connectivity index (χ2v) is 18.0. The molecule has 0 unspecified atom stereocenters. The van der Waals surface area contributed by atoms with Crippen LogP contribution in [-0.4, -0.2) is 23.9 Å². The summed E-state index contributed by atoms with van der Waals surface area (Å²) in [6.45, 7) is 20.6. The summed E-state index contributed by atoms with van der Waals surface area (Å²) in [5.74, 6) is 0.153. The number of pyridine rings is 1. The fourth-order valence-electron chi connectivity index (χ4n) is 4.45. The maximum atomic E-state index is 11.3. The van der Waals surface area contributed by atoms with Gasteiger partial charge in [-0.05, 0) is 22.9 Å². The molecule has 0 aliphatic heterocycles. The molecule has 5 heteroatoms. The number of nitrogens with zero attached hydrogens (tertiary/aromatic N) is 1. The Labute approximate surface area is 261 Å². The summed E-state index contributed by atoms with van der Waals surface area (Å²) in [6.07, 6.45) is 1.32. The maximum Gasteiger partial charge on any atom is 0.164 e.